The zero-order valence-electron chi connectivity index (χ0n) is 20.9. The number of amides is 1. The molecule has 7 heteroatoms. The second-order valence-electron chi connectivity index (χ2n) is 9.32. The van der Waals surface area contributed by atoms with Gasteiger partial charge in [0.1, 0.15) is 24.0 Å². The van der Waals surface area contributed by atoms with Gasteiger partial charge in [-0.25, -0.2) is 14.4 Å². The number of nitrogens with one attached hydrogen (secondary N) is 1. The minimum absolute atomic E-state index is 0.102. The second-order valence-corrected chi connectivity index (χ2v) is 9.32. The first-order valence-electron chi connectivity index (χ1n) is 12.8. The molecule has 0 spiro atoms. The van der Waals surface area contributed by atoms with Gasteiger partial charge in [-0.05, 0) is 61.8 Å². The molecule has 1 aliphatic rings. The van der Waals surface area contributed by atoms with Gasteiger partial charge in [-0.3, -0.25) is 0 Å². The highest BCUT2D eigenvalue weighted by Gasteiger charge is 2.24. The molecule has 1 atom stereocenters. The molecule has 7 nitrogen and oxygen atoms in total. The lowest BCUT2D eigenvalue weighted by Gasteiger charge is -2.16. The summed E-state index contributed by atoms with van der Waals surface area (Å²) in [6, 6.07) is 12.0. The van der Waals surface area contributed by atoms with Crippen molar-refractivity contribution in [1.82, 2.24) is 5.32 Å². The normalized spacial score (nSPS) is 13.3. The summed E-state index contributed by atoms with van der Waals surface area (Å²) >= 11 is 0. The molecule has 0 unspecified atom stereocenters. The fourth-order valence-electron chi connectivity index (χ4n) is 4.58. The van der Waals surface area contributed by atoms with Crippen LogP contribution in [-0.4, -0.2) is 18.1 Å². The van der Waals surface area contributed by atoms with Crippen LogP contribution in [-0.2, 0) is 35.4 Å². The molecule has 1 aliphatic carbocycles. The number of carbonyl (C=O) groups is 2. The highest BCUT2D eigenvalue weighted by molar-refractivity contribution is 5.87. The van der Waals surface area contributed by atoms with Gasteiger partial charge in [-0.1, -0.05) is 56.5 Å². The number of benzene rings is 2. The van der Waals surface area contributed by atoms with E-state index in [1.807, 2.05) is 36.4 Å². The Morgan fingerprint density at radius 2 is 1.83 bits per heavy atom. The Kier molecular flexibility index (Phi) is 8.41. The van der Waals surface area contributed by atoms with Crippen molar-refractivity contribution in [3.05, 3.63) is 75.1 Å². The van der Waals surface area contributed by atoms with Crippen LogP contribution < -0.4 is 15.7 Å². The van der Waals surface area contributed by atoms with Crippen molar-refractivity contribution in [1.29, 1.82) is 0 Å². The molecule has 4 rings (SSSR count). The van der Waals surface area contributed by atoms with E-state index in [0.29, 0.717) is 11.3 Å². The summed E-state index contributed by atoms with van der Waals surface area (Å²) < 4.78 is 16.5. The highest BCUT2D eigenvalue weighted by Crippen LogP contribution is 2.33. The highest BCUT2D eigenvalue weighted by atomic mass is 16.6. The second kappa shape index (κ2) is 11.9. The lowest BCUT2D eigenvalue weighted by atomic mass is 10.00. The standard InChI is InChI=1S/C29H33NO6/c1-3-4-5-9-13-21-16-24-22-14-10-15-23(22)28(32)36-26(24)17-25(21)35-27(31)19(2)30-29(33)34-18-20-11-7-6-8-12-20/h6-8,11-12,16-17,19H,3-5,9-10,13-15,18H2,1-2H3,(H,30,33)/t19-/m1/s1. The lowest BCUT2D eigenvalue weighted by Crippen LogP contribution is -2.41. The van der Waals surface area contributed by atoms with Gasteiger partial charge >= 0.3 is 17.7 Å². The topological polar surface area (TPSA) is 94.8 Å². The van der Waals surface area contributed by atoms with Gasteiger partial charge in [0.05, 0.1) is 0 Å². The summed E-state index contributed by atoms with van der Waals surface area (Å²) in [5.41, 5.74) is 3.65. The van der Waals surface area contributed by atoms with Crippen LogP contribution in [0.3, 0.4) is 0 Å². The van der Waals surface area contributed by atoms with Crippen LogP contribution in [0, 0.1) is 0 Å². The van der Waals surface area contributed by atoms with Crippen molar-refractivity contribution < 1.29 is 23.5 Å². The van der Waals surface area contributed by atoms with Crippen LogP contribution in [0.5, 0.6) is 5.75 Å². The van der Waals surface area contributed by atoms with E-state index in [4.69, 9.17) is 13.9 Å². The van der Waals surface area contributed by atoms with Crippen molar-refractivity contribution >= 4 is 23.0 Å². The summed E-state index contributed by atoms with van der Waals surface area (Å²) in [5, 5.41) is 3.44. The predicted octanol–water partition coefficient (Wildman–Crippen LogP) is 5.62. The first-order chi connectivity index (χ1) is 17.5. The van der Waals surface area contributed by atoms with Crippen LogP contribution >= 0.6 is 0 Å². The molecule has 190 valence electrons. The van der Waals surface area contributed by atoms with E-state index in [9.17, 15) is 14.4 Å². The number of esters is 1. The van der Waals surface area contributed by atoms with E-state index >= 15 is 0 Å². The summed E-state index contributed by atoms with van der Waals surface area (Å²) in [6.45, 7) is 3.80. The van der Waals surface area contributed by atoms with Gasteiger partial charge in [0, 0.05) is 17.0 Å². The molecular formula is C29H33NO6. The van der Waals surface area contributed by atoms with Crippen LogP contribution in [0.1, 0.15) is 68.2 Å². The Balaban J connectivity index is 1.49. The van der Waals surface area contributed by atoms with E-state index in [2.05, 4.69) is 12.2 Å². The number of hydrogen-bond donors (Lipinski definition) is 1. The number of rotatable bonds is 10. The molecule has 0 radical (unpaired) electrons. The SMILES string of the molecule is CCCCCCc1cc2c3c(c(=O)oc2cc1OC(=O)[C@@H](C)NC(=O)OCc1ccccc1)CCC3. The molecule has 0 fully saturated rings. The van der Waals surface area contributed by atoms with Crippen LogP contribution in [0.25, 0.3) is 11.0 Å². The largest absolute Gasteiger partial charge is 0.445 e. The number of carbonyl (C=O) groups excluding carboxylic acids is 2. The Hall–Kier alpha value is -3.61. The third kappa shape index (κ3) is 6.14. The van der Waals surface area contributed by atoms with E-state index in [-0.39, 0.29) is 12.2 Å². The lowest BCUT2D eigenvalue weighted by molar-refractivity contribution is -0.136. The fraction of sp³-hybridized carbons (Fsp3) is 0.414. The molecule has 0 bridgehead atoms. The van der Waals surface area contributed by atoms with Gasteiger partial charge in [0.25, 0.3) is 0 Å². The quantitative estimate of drug-likeness (QED) is 0.171. The first-order valence-corrected chi connectivity index (χ1v) is 12.8. The fourth-order valence-corrected chi connectivity index (χ4v) is 4.58. The Labute approximate surface area is 210 Å². The molecule has 3 aromatic rings. The number of aryl methyl sites for hydroxylation is 2. The van der Waals surface area contributed by atoms with E-state index in [1.165, 1.54) is 0 Å². The number of alkyl carbamates (subject to hydrolysis) is 1. The molecule has 36 heavy (non-hydrogen) atoms. The number of fused-ring (bicyclic) bond motifs is 3. The predicted molar refractivity (Wildman–Crippen MR) is 137 cm³/mol. The van der Waals surface area contributed by atoms with Crippen molar-refractivity contribution in [2.45, 2.75) is 77.9 Å². The van der Waals surface area contributed by atoms with Crippen molar-refractivity contribution in [3.63, 3.8) is 0 Å². The Morgan fingerprint density at radius 1 is 1.06 bits per heavy atom. The number of ether oxygens (including phenoxy) is 2. The molecule has 2 aromatic carbocycles. The van der Waals surface area contributed by atoms with Crippen LogP contribution in [0.15, 0.2) is 51.7 Å². The molecule has 1 amide bonds. The maximum Gasteiger partial charge on any atom is 0.408 e. The number of unbranched alkanes of at least 4 members (excludes halogenated alkanes) is 3. The molecule has 1 aromatic heterocycles. The third-order valence-corrected chi connectivity index (χ3v) is 6.57. The van der Waals surface area contributed by atoms with E-state index in [0.717, 1.165) is 79.0 Å². The average Bonchev–Trinajstić information content (AvgIpc) is 3.37. The summed E-state index contributed by atoms with van der Waals surface area (Å²) in [4.78, 5) is 37.5. The van der Waals surface area contributed by atoms with Crippen molar-refractivity contribution in [2.75, 3.05) is 0 Å². The molecule has 1 N–H and O–H groups in total. The maximum atomic E-state index is 12.9. The molecule has 0 saturated heterocycles. The average molecular weight is 492 g/mol. The van der Waals surface area contributed by atoms with Gasteiger partial charge in [0.2, 0.25) is 0 Å². The molecular weight excluding hydrogens is 458 g/mol. The zero-order chi connectivity index (χ0) is 25.5. The third-order valence-electron chi connectivity index (χ3n) is 6.57. The number of hydrogen-bond acceptors (Lipinski definition) is 6. The maximum absolute atomic E-state index is 12.9. The Bertz CT molecular complexity index is 1280. The summed E-state index contributed by atoms with van der Waals surface area (Å²) in [5.74, 6) is -0.263. The Morgan fingerprint density at radius 3 is 2.61 bits per heavy atom. The van der Waals surface area contributed by atoms with Crippen LogP contribution in [0.2, 0.25) is 0 Å². The minimum Gasteiger partial charge on any atom is -0.445 e. The first kappa shape index (κ1) is 25.5. The van der Waals surface area contributed by atoms with Gasteiger partial charge in [0.15, 0.2) is 0 Å². The van der Waals surface area contributed by atoms with Gasteiger partial charge in [-0.2, -0.15) is 0 Å². The monoisotopic (exact) mass is 491 g/mol. The van der Waals surface area contributed by atoms with E-state index in [1.54, 1.807) is 13.0 Å². The van der Waals surface area contributed by atoms with Crippen molar-refractivity contribution in [2.24, 2.45) is 0 Å². The van der Waals surface area contributed by atoms with E-state index < -0.39 is 18.1 Å². The van der Waals surface area contributed by atoms with Gasteiger partial charge < -0.3 is 19.2 Å². The minimum atomic E-state index is -0.927. The van der Waals surface area contributed by atoms with Gasteiger partial charge in [-0.15, -0.1) is 0 Å². The van der Waals surface area contributed by atoms with Crippen LogP contribution in [0.4, 0.5) is 4.79 Å². The molecule has 0 aliphatic heterocycles. The molecule has 1 heterocycles. The zero-order valence-corrected chi connectivity index (χ0v) is 20.9. The summed E-state index contributed by atoms with van der Waals surface area (Å²) in [7, 11) is 0. The summed E-state index contributed by atoms with van der Waals surface area (Å²) in [6.07, 6.45) is 6.86. The van der Waals surface area contributed by atoms with Crippen molar-refractivity contribution in [3.8, 4) is 5.75 Å². The smallest absolute Gasteiger partial charge is 0.408 e. The molecule has 0 saturated carbocycles.